The Morgan fingerprint density at radius 3 is 2.90 bits per heavy atom. The zero-order valence-electron chi connectivity index (χ0n) is 5.05. The van der Waals surface area contributed by atoms with E-state index in [0.717, 1.165) is 4.80 Å². The number of tetrazole rings is 1. The lowest BCUT2D eigenvalue weighted by Gasteiger charge is -1.84. The Balaban J connectivity index is 2.67. The van der Waals surface area contributed by atoms with Crippen LogP contribution in [0, 0.1) is 10.1 Å². The maximum Gasteiger partial charge on any atom is 0.323 e. The molecule has 0 atom stereocenters. The van der Waals surface area contributed by atoms with E-state index in [1.54, 1.807) is 5.43 Å². The van der Waals surface area contributed by atoms with E-state index in [0.29, 0.717) is 0 Å². The molecule has 1 aromatic rings. The van der Waals surface area contributed by atoms with Gasteiger partial charge < -0.3 is 0 Å². The molecule has 0 unspecified atom stereocenters. The first-order valence-electron chi connectivity index (χ1n) is 2.33. The highest BCUT2D eigenvalue weighted by atomic mass is 16.7. The fourth-order valence-electron chi connectivity index (χ4n) is 0.411. The molecule has 0 fully saturated rings. The number of anilines is 1. The van der Waals surface area contributed by atoms with E-state index < -0.39 is 5.03 Å². The van der Waals surface area contributed by atoms with Crippen LogP contribution in [0.5, 0.6) is 0 Å². The van der Waals surface area contributed by atoms with Crippen molar-refractivity contribution in [3.8, 4) is 0 Å². The van der Waals surface area contributed by atoms with Gasteiger partial charge in [0.05, 0.1) is 7.05 Å². The molecule has 0 aliphatic carbocycles. The molecule has 0 aliphatic heterocycles. The molecule has 1 aromatic heterocycles. The monoisotopic (exact) mass is 144 g/mol. The molecule has 54 valence electrons. The number of nitrogens with one attached hydrogen (secondary N) is 1. The number of aryl methyl sites for hydroxylation is 1. The fraction of sp³-hybridized carbons (Fsp3) is 0.500. The maximum atomic E-state index is 9.76. The molecule has 0 bridgehead atoms. The van der Waals surface area contributed by atoms with Crippen molar-refractivity contribution >= 4 is 5.95 Å². The second-order valence-electron chi connectivity index (χ2n) is 1.47. The Kier molecular flexibility index (Phi) is 1.44. The van der Waals surface area contributed by atoms with Crippen LogP contribution < -0.4 is 5.43 Å². The second-order valence-corrected chi connectivity index (χ2v) is 1.47. The molecule has 1 rings (SSSR count). The molecule has 8 nitrogen and oxygen atoms in total. The Hall–Kier alpha value is -1.73. The van der Waals surface area contributed by atoms with Gasteiger partial charge in [0.2, 0.25) is 0 Å². The fourth-order valence-corrected chi connectivity index (χ4v) is 0.411. The van der Waals surface area contributed by atoms with Crippen LogP contribution in [0.3, 0.4) is 0 Å². The summed E-state index contributed by atoms with van der Waals surface area (Å²) in [5.74, 6) is -0.118. The molecule has 1 N–H and O–H groups in total. The van der Waals surface area contributed by atoms with Gasteiger partial charge in [-0.15, -0.1) is 5.10 Å². The molecular formula is C2H4N6O2. The first-order chi connectivity index (χ1) is 4.68. The number of hydrogen-bond acceptors (Lipinski definition) is 5. The van der Waals surface area contributed by atoms with Crippen molar-refractivity contribution in [2.75, 3.05) is 5.43 Å². The van der Waals surface area contributed by atoms with Crippen molar-refractivity contribution in [2.24, 2.45) is 7.05 Å². The van der Waals surface area contributed by atoms with Gasteiger partial charge in [-0.2, -0.15) is 4.80 Å². The van der Waals surface area contributed by atoms with Crippen LogP contribution in [0.2, 0.25) is 0 Å². The number of nitro groups is 1. The van der Waals surface area contributed by atoms with Crippen LogP contribution >= 0.6 is 0 Å². The van der Waals surface area contributed by atoms with Gasteiger partial charge in [0, 0.05) is 0 Å². The van der Waals surface area contributed by atoms with Gasteiger partial charge in [0.15, 0.2) is 5.03 Å². The Labute approximate surface area is 55.0 Å². The smallest absolute Gasteiger partial charge is 0.234 e. The Morgan fingerprint density at radius 2 is 2.50 bits per heavy atom. The van der Waals surface area contributed by atoms with Crippen molar-refractivity contribution in [1.29, 1.82) is 0 Å². The number of hydrazine groups is 1. The highest BCUT2D eigenvalue weighted by Crippen LogP contribution is 1.89. The minimum absolute atomic E-state index is 0.118. The van der Waals surface area contributed by atoms with E-state index in [-0.39, 0.29) is 5.95 Å². The minimum atomic E-state index is -0.753. The molecule has 0 aliphatic rings. The van der Waals surface area contributed by atoms with Crippen molar-refractivity contribution in [2.45, 2.75) is 0 Å². The number of rotatable bonds is 2. The predicted octanol–water partition coefficient (Wildman–Crippen LogP) is -1.19. The lowest BCUT2D eigenvalue weighted by molar-refractivity contribution is -0.446. The molecule has 0 saturated heterocycles. The quantitative estimate of drug-likeness (QED) is 0.414. The summed E-state index contributed by atoms with van der Waals surface area (Å²) in [5, 5.41) is 19.2. The van der Waals surface area contributed by atoms with E-state index in [1.165, 1.54) is 7.05 Å². The Morgan fingerprint density at radius 1 is 1.80 bits per heavy atom. The molecule has 0 amide bonds. The first-order valence-corrected chi connectivity index (χ1v) is 2.33. The van der Waals surface area contributed by atoms with Crippen LogP contribution in [-0.2, 0) is 7.05 Å². The minimum Gasteiger partial charge on any atom is -0.234 e. The highest BCUT2D eigenvalue weighted by molar-refractivity contribution is 5.12. The first kappa shape index (κ1) is 6.39. The SMILES string of the molecule is Cn1nnc(N[N+](=O)[O-])n1. The molecule has 0 saturated carbocycles. The molecule has 0 spiro atoms. The molecule has 10 heavy (non-hydrogen) atoms. The highest BCUT2D eigenvalue weighted by Gasteiger charge is 2.03. The van der Waals surface area contributed by atoms with Crippen LogP contribution in [0.25, 0.3) is 0 Å². The maximum absolute atomic E-state index is 9.76. The molecular weight excluding hydrogens is 140 g/mol. The average Bonchev–Trinajstić information content (AvgIpc) is 2.13. The summed E-state index contributed by atoms with van der Waals surface area (Å²) in [6, 6.07) is 0. The third kappa shape index (κ3) is 1.37. The Bertz CT molecular complexity index is 242. The van der Waals surface area contributed by atoms with Gasteiger partial charge in [0.25, 0.3) is 0 Å². The summed E-state index contributed by atoms with van der Waals surface area (Å²) in [6.45, 7) is 0. The van der Waals surface area contributed by atoms with Crippen molar-refractivity contribution < 1.29 is 5.03 Å². The third-order valence-electron chi connectivity index (χ3n) is 0.700. The molecule has 8 heteroatoms. The molecule has 0 radical (unpaired) electrons. The van der Waals surface area contributed by atoms with E-state index in [1.807, 2.05) is 0 Å². The van der Waals surface area contributed by atoms with E-state index in [2.05, 4.69) is 15.4 Å². The third-order valence-corrected chi connectivity index (χ3v) is 0.700. The van der Waals surface area contributed by atoms with Crippen LogP contribution in [-0.4, -0.2) is 25.2 Å². The summed E-state index contributed by atoms with van der Waals surface area (Å²) in [7, 11) is 1.51. The number of nitrogens with zero attached hydrogens (tertiary/aromatic N) is 5. The summed E-state index contributed by atoms with van der Waals surface area (Å²) < 4.78 is 0. The van der Waals surface area contributed by atoms with Crippen molar-refractivity contribution in [3.63, 3.8) is 0 Å². The van der Waals surface area contributed by atoms with Crippen molar-refractivity contribution in [3.05, 3.63) is 10.1 Å². The average molecular weight is 144 g/mol. The van der Waals surface area contributed by atoms with Crippen LogP contribution in [0.1, 0.15) is 0 Å². The van der Waals surface area contributed by atoms with Gasteiger partial charge in [-0.3, -0.25) is 0 Å². The number of hydrogen-bond donors (Lipinski definition) is 1. The van der Waals surface area contributed by atoms with Gasteiger partial charge in [0.1, 0.15) is 0 Å². The van der Waals surface area contributed by atoms with E-state index in [9.17, 15) is 10.1 Å². The van der Waals surface area contributed by atoms with Crippen molar-refractivity contribution in [1.82, 2.24) is 20.2 Å². The predicted molar refractivity (Wildman–Crippen MR) is 29.4 cm³/mol. The standard InChI is InChI=1S/C2H4N6O2/c1-7-4-2(3-6-7)5-8(9)10/h1H3,(H,4,5). The zero-order chi connectivity index (χ0) is 7.56. The van der Waals surface area contributed by atoms with Gasteiger partial charge in [-0.05, 0) is 5.21 Å². The largest absolute Gasteiger partial charge is 0.323 e. The topological polar surface area (TPSA) is 98.8 Å². The zero-order valence-corrected chi connectivity index (χ0v) is 5.05. The van der Waals surface area contributed by atoms with Gasteiger partial charge in [-0.1, -0.05) is 10.5 Å². The summed E-state index contributed by atoms with van der Waals surface area (Å²) in [5.41, 5.74) is 1.74. The van der Waals surface area contributed by atoms with Crippen LogP contribution in [0.15, 0.2) is 0 Å². The van der Waals surface area contributed by atoms with E-state index in [4.69, 9.17) is 0 Å². The lowest BCUT2D eigenvalue weighted by atomic mass is 11.1. The summed E-state index contributed by atoms with van der Waals surface area (Å²) in [6.07, 6.45) is 0. The molecule has 1 heterocycles. The number of aromatic nitrogens is 4. The van der Waals surface area contributed by atoms with Crippen LogP contribution in [0.4, 0.5) is 5.95 Å². The lowest BCUT2D eigenvalue weighted by Crippen LogP contribution is -2.09. The summed E-state index contributed by atoms with van der Waals surface area (Å²) in [4.78, 5) is 10.9. The van der Waals surface area contributed by atoms with E-state index >= 15 is 0 Å². The van der Waals surface area contributed by atoms with Gasteiger partial charge >= 0.3 is 5.95 Å². The van der Waals surface area contributed by atoms with Gasteiger partial charge in [-0.25, -0.2) is 10.1 Å². The summed E-state index contributed by atoms with van der Waals surface area (Å²) >= 11 is 0. The normalized spacial score (nSPS) is 9.30. The second kappa shape index (κ2) is 2.25. The molecule has 0 aromatic carbocycles.